The molecule has 3 N–H and O–H groups in total. The molecule has 0 aromatic heterocycles. The van der Waals surface area contributed by atoms with Crippen molar-refractivity contribution in [3.8, 4) is 0 Å². The van der Waals surface area contributed by atoms with Gasteiger partial charge in [-0.1, -0.05) is 0 Å². The Morgan fingerprint density at radius 3 is 2.46 bits per heavy atom. The Hall–Kier alpha value is -0.610. The predicted molar refractivity (Wildman–Crippen MR) is 48.0 cm³/mol. The highest BCUT2D eigenvalue weighted by Gasteiger charge is 2.22. The van der Waals surface area contributed by atoms with Gasteiger partial charge in [-0.2, -0.15) is 0 Å². The summed E-state index contributed by atoms with van der Waals surface area (Å²) in [5, 5.41) is 9.22. The van der Waals surface area contributed by atoms with E-state index in [0.29, 0.717) is 0 Å². The third-order valence-corrected chi connectivity index (χ3v) is 2.44. The fraction of sp³-hybridized carbons (Fsp3) is 0.889. The number of carbonyl (C=O) groups is 1. The quantitative estimate of drug-likeness (QED) is 0.662. The molecule has 0 bridgehead atoms. The van der Waals surface area contributed by atoms with Gasteiger partial charge in [-0.15, -0.1) is 0 Å². The predicted octanol–water partition coefficient (Wildman–Crippen LogP) is 0.180. The zero-order valence-electron chi connectivity index (χ0n) is 7.90. The largest absolute Gasteiger partial charge is 0.393 e. The summed E-state index contributed by atoms with van der Waals surface area (Å²) in [5.74, 6) is -0.425. The molecule has 0 aliphatic heterocycles. The van der Waals surface area contributed by atoms with Gasteiger partial charge in [0.2, 0.25) is 5.91 Å². The van der Waals surface area contributed by atoms with Crippen molar-refractivity contribution >= 4 is 5.91 Å². The van der Waals surface area contributed by atoms with Crippen LogP contribution in [0.1, 0.15) is 32.6 Å². The highest BCUT2D eigenvalue weighted by molar-refractivity contribution is 5.78. The first-order valence-corrected chi connectivity index (χ1v) is 4.72. The van der Waals surface area contributed by atoms with E-state index in [-0.39, 0.29) is 12.2 Å². The average molecular weight is 187 g/mol. The Morgan fingerprint density at radius 1 is 1.46 bits per heavy atom. The van der Waals surface area contributed by atoms with Gasteiger partial charge in [-0.05, 0) is 32.6 Å². The second-order valence-corrected chi connectivity index (χ2v) is 3.61. The minimum atomic E-state index is -0.514. The minimum Gasteiger partial charge on any atom is -0.393 e. The molecule has 1 fully saturated rings. The first-order valence-electron chi connectivity index (χ1n) is 4.72. The van der Waals surface area contributed by atoms with E-state index in [9.17, 15) is 9.90 Å². The molecule has 0 aromatic rings. The van der Waals surface area contributed by atoms with E-state index in [2.05, 4.69) is 0 Å². The summed E-state index contributed by atoms with van der Waals surface area (Å²) in [7, 11) is 0. The second kappa shape index (κ2) is 4.58. The maximum absolute atomic E-state index is 10.7. The van der Waals surface area contributed by atoms with Crippen LogP contribution in [-0.2, 0) is 9.53 Å². The van der Waals surface area contributed by atoms with Gasteiger partial charge in [0.05, 0.1) is 12.2 Å². The van der Waals surface area contributed by atoms with E-state index in [4.69, 9.17) is 10.5 Å². The molecule has 0 radical (unpaired) electrons. The van der Waals surface area contributed by atoms with Crippen LogP contribution in [0.4, 0.5) is 0 Å². The lowest BCUT2D eigenvalue weighted by Gasteiger charge is -2.27. The molecular formula is C9H17NO3. The smallest absolute Gasteiger partial charge is 0.246 e. The van der Waals surface area contributed by atoms with Crippen LogP contribution in [-0.4, -0.2) is 29.3 Å². The molecule has 1 aliphatic rings. The topological polar surface area (TPSA) is 72.6 Å². The summed E-state index contributed by atoms with van der Waals surface area (Å²) in [4.78, 5) is 10.7. The number of nitrogens with two attached hydrogens (primary N) is 1. The Labute approximate surface area is 78.1 Å². The number of aliphatic hydroxyl groups is 1. The first-order chi connectivity index (χ1) is 6.09. The van der Waals surface area contributed by atoms with Gasteiger partial charge in [0, 0.05) is 0 Å². The van der Waals surface area contributed by atoms with Crippen LogP contribution in [0.15, 0.2) is 0 Å². The molecule has 4 nitrogen and oxygen atoms in total. The number of aliphatic hydroxyl groups excluding tert-OH is 1. The number of primary amides is 1. The van der Waals surface area contributed by atoms with Crippen molar-refractivity contribution in [1.29, 1.82) is 0 Å². The molecule has 1 atom stereocenters. The van der Waals surface area contributed by atoms with Crippen molar-refractivity contribution in [1.82, 2.24) is 0 Å². The molecule has 4 heteroatoms. The van der Waals surface area contributed by atoms with Crippen molar-refractivity contribution in [2.45, 2.75) is 50.9 Å². The van der Waals surface area contributed by atoms with E-state index < -0.39 is 12.0 Å². The lowest BCUT2D eigenvalue weighted by Crippen LogP contribution is -2.34. The minimum absolute atomic E-state index is 0.0888. The van der Waals surface area contributed by atoms with Crippen LogP contribution < -0.4 is 5.73 Å². The maximum atomic E-state index is 10.7. The SMILES string of the molecule is CC(OC1CCC(O)CC1)C(N)=O. The van der Waals surface area contributed by atoms with E-state index in [1.54, 1.807) is 6.92 Å². The van der Waals surface area contributed by atoms with Crippen molar-refractivity contribution in [2.24, 2.45) is 5.73 Å². The van der Waals surface area contributed by atoms with Gasteiger partial charge in [0.1, 0.15) is 6.10 Å². The van der Waals surface area contributed by atoms with Crippen LogP contribution in [0.25, 0.3) is 0 Å². The van der Waals surface area contributed by atoms with E-state index in [1.165, 1.54) is 0 Å². The third-order valence-electron chi connectivity index (χ3n) is 2.44. The fourth-order valence-corrected chi connectivity index (χ4v) is 1.54. The molecule has 1 unspecified atom stereocenters. The van der Waals surface area contributed by atoms with Crippen LogP contribution >= 0.6 is 0 Å². The highest BCUT2D eigenvalue weighted by Crippen LogP contribution is 2.21. The lowest BCUT2D eigenvalue weighted by molar-refractivity contribution is -0.134. The molecule has 1 amide bonds. The van der Waals surface area contributed by atoms with Crippen molar-refractivity contribution in [3.63, 3.8) is 0 Å². The summed E-state index contributed by atoms with van der Waals surface area (Å²) in [5.41, 5.74) is 5.07. The summed E-state index contributed by atoms with van der Waals surface area (Å²) in [6.07, 6.45) is 2.54. The van der Waals surface area contributed by atoms with Gasteiger partial charge in [-0.25, -0.2) is 0 Å². The second-order valence-electron chi connectivity index (χ2n) is 3.61. The number of hydrogen-bond donors (Lipinski definition) is 2. The lowest BCUT2D eigenvalue weighted by atomic mass is 9.95. The number of ether oxygens (including phenoxy) is 1. The Balaban J connectivity index is 2.26. The zero-order chi connectivity index (χ0) is 9.84. The van der Waals surface area contributed by atoms with Gasteiger partial charge in [-0.3, -0.25) is 4.79 Å². The van der Waals surface area contributed by atoms with E-state index in [1.807, 2.05) is 0 Å². The maximum Gasteiger partial charge on any atom is 0.246 e. The fourth-order valence-electron chi connectivity index (χ4n) is 1.54. The molecule has 0 spiro atoms. The summed E-state index contributed by atoms with van der Waals surface area (Å²) < 4.78 is 5.42. The van der Waals surface area contributed by atoms with Gasteiger partial charge in [0.25, 0.3) is 0 Å². The van der Waals surface area contributed by atoms with Crippen LogP contribution in [0.2, 0.25) is 0 Å². The van der Waals surface area contributed by atoms with Crippen LogP contribution in [0, 0.1) is 0 Å². The normalized spacial score (nSPS) is 31.2. The van der Waals surface area contributed by atoms with E-state index in [0.717, 1.165) is 25.7 Å². The van der Waals surface area contributed by atoms with Gasteiger partial charge in [0.15, 0.2) is 0 Å². The molecule has 1 aliphatic carbocycles. The number of amides is 1. The average Bonchev–Trinajstić information content (AvgIpc) is 2.08. The van der Waals surface area contributed by atoms with Gasteiger partial charge < -0.3 is 15.6 Å². The zero-order valence-corrected chi connectivity index (χ0v) is 7.90. The molecule has 0 saturated heterocycles. The van der Waals surface area contributed by atoms with Crippen molar-refractivity contribution < 1.29 is 14.6 Å². The van der Waals surface area contributed by atoms with Crippen LogP contribution in [0.5, 0.6) is 0 Å². The van der Waals surface area contributed by atoms with Crippen molar-refractivity contribution in [3.05, 3.63) is 0 Å². The number of carbonyl (C=O) groups excluding carboxylic acids is 1. The number of hydrogen-bond acceptors (Lipinski definition) is 3. The Morgan fingerprint density at radius 2 is 2.00 bits per heavy atom. The Bertz CT molecular complexity index is 176. The molecule has 76 valence electrons. The molecule has 13 heavy (non-hydrogen) atoms. The van der Waals surface area contributed by atoms with Crippen LogP contribution in [0.3, 0.4) is 0 Å². The molecular weight excluding hydrogens is 170 g/mol. The summed E-state index contributed by atoms with van der Waals surface area (Å²) in [6.45, 7) is 1.66. The standard InChI is InChI=1S/C9H17NO3/c1-6(9(10)12)13-8-4-2-7(11)3-5-8/h6-8,11H,2-5H2,1H3,(H2,10,12). The molecule has 1 saturated carbocycles. The third kappa shape index (κ3) is 3.32. The summed E-state index contributed by atoms with van der Waals surface area (Å²) in [6, 6.07) is 0. The summed E-state index contributed by atoms with van der Waals surface area (Å²) >= 11 is 0. The Kier molecular flexibility index (Phi) is 3.69. The first kappa shape index (κ1) is 10.5. The number of rotatable bonds is 3. The van der Waals surface area contributed by atoms with E-state index >= 15 is 0 Å². The van der Waals surface area contributed by atoms with Crippen molar-refractivity contribution in [2.75, 3.05) is 0 Å². The molecule has 0 aromatic carbocycles. The monoisotopic (exact) mass is 187 g/mol. The van der Waals surface area contributed by atoms with Gasteiger partial charge >= 0.3 is 0 Å². The highest BCUT2D eigenvalue weighted by atomic mass is 16.5. The molecule has 1 rings (SSSR count). The molecule has 0 heterocycles.